The van der Waals surface area contributed by atoms with E-state index >= 15 is 0 Å². The van der Waals surface area contributed by atoms with E-state index in [1.807, 2.05) is 6.07 Å². The van der Waals surface area contributed by atoms with Crippen LogP contribution in [0.2, 0.25) is 0 Å². The standard InChI is InChI=1S/C16H27NO3/c1-5-8-12(9-6-2)15(17-7-3)13-10-11-14(20-13)16(18)19-4/h10-12,15,17H,5-9H2,1-4H3. The fraction of sp³-hybridized carbons (Fsp3) is 0.688. The largest absolute Gasteiger partial charge is 0.463 e. The predicted molar refractivity (Wildman–Crippen MR) is 79.8 cm³/mol. The number of carbonyl (C=O) groups is 1. The van der Waals surface area contributed by atoms with Gasteiger partial charge in [0.25, 0.3) is 0 Å². The number of ether oxygens (including phenoxy) is 1. The number of methoxy groups -OCH3 is 1. The lowest BCUT2D eigenvalue weighted by molar-refractivity contribution is 0.0560. The van der Waals surface area contributed by atoms with Crippen LogP contribution in [0.5, 0.6) is 0 Å². The molecular formula is C16H27NO3. The van der Waals surface area contributed by atoms with Gasteiger partial charge in [-0.3, -0.25) is 0 Å². The van der Waals surface area contributed by atoms with Crippen molar-refractivity contribution in [3.8, 4) is 0 Å². The zero-order valence-corrected chi connectivity index (χ0v) is 13.1. The summed E-state index contributed by atoms with van der Waals surface area (Å²) in [5.74, 6) is 1.21. The Morgan fingerprint density at radius 3 is 2.40 bits per heavy atom. The highest BCUT2D eigenvalue weighted by atomic mass is 16.5. The van der Waals surface area contributed by atoms with Crippen molar-refractivity contribution in [1.82, 2.24) is 5.32 Å². The first kappa shape index (κ1) is 16.8. The van der Waals surface area contributed by atoms with E-state index < -0.39 is 5.97 Å². The SMILES string of the molecule is CCCC(CCC)C(NCC)c1ccc(C(=O)OC)o1. The molecule has 0 aliphatic heterocycles. The number of esters is 1. The summed E-state index contributed by atoms with van der Waals surface area (Å²) in [4.78, 5) is 11.5. The van der Waals surface area contributed by atoms with Gasteiger partial charge in [0.1, 0.15) is 5.76 Å². The third kappa shape index (κ3) is 4.37. The summed E-state index contributed by atoms with van der Waals surface area (Å²) >= 11 is 0. The van der Waals surface area contributed by atoms with Gasteiger partial charge in [-0.1, -0.05) is 33.6 Å². The van der Waals surface area contributed by atoms with Gasteiger partial charge in [0.2, 0.25) is 5.76 Å². The van der Waals surface area contributed by atoms with Gasteiger partial charge >= 0.3 is 5.97 Å². The average Bonchev–Trinajstić information content (AvgIpc) is 2.93. The van der Waals surface area contributed by atoms with Crippen LogP contribution in [-0.4, -0.2) is 19.6 Å². The minimum Gasteiger partial charge on any atom is -0.463 e. The summed E-state index contributed by atoms with van der Waals surface area (Å²) in [5, 5.41) is 3.49. The lowest BCUT2D eigenvalue weighted by Crippen LogP contribution is -2.28. The van der Waals surface area contributed by atoms with Crippen LogP contribution in [0, 0.1) is 5.92 Å². The molecule has 0 aromatic carbocycles. The average molecular weight is 281 g/mol. The maximum atomic E-state index is 11.5. The van der Waals surface area contributed by atoms with E-state index in [2.05, 4.69) is 26.1 Å². The second-order valence-electron chi connectivity index (χ2n) is 5.07. The van der Waals surface area contributed by atoms with Crippen LogP contribution < -0.4 is 5.32 Å². The zero-order valence-electron chi connectivity index (χ0n) is 13.1. The minimum atomic E-state index is -0.422. The lowest BCUT2D eigenvalue weighted by atomic mass is 9.89. The number of nitrogens with one attached hydrogen (secondary N) is 1. The monoisotopic (exact) mass is 281 g/mol. The third-order valence-corrected chi connectivity index (χ3v) is 3.53. The molecule has 4 nitrogen and oxygen atoms in total. The molecule has 1 aromatic rings. The zero-order chi connectivity index (χ0) is 15.0. The fourth-order valence-corrected chi connectivity index (χ4v) is 2.67. The Balaban J connectivity index is 2.92. The summed E-state index contributed by atoms with van der Waals surface area (Å²) in [6.07, 6.45) is 4.60. The second kappa shape index (κ2) is 8.80. The molecule has 4 heteroatoms. The molecule has 1 unspecified atom stereocenters. The van der Waals surface area contributed by atoms with Crippen LogP contribution in [0.3, 0.4) is 0 Å². The topological polar surface area (TPSA) is 51.5 Å². The van der Waals surface area contributed by atoms with Gasteiger partial charge in [0.15, 0.2) is 0 Å². The van der Waals surface area contributed by atoms with Gasteiger partial charge in [-0.25, -0.2) is 4.79 Å². The lowest BCUT2D eigenvalue weighted by Gasteiger charge is -2.26. The van der Waals surface area contributed by atoms with Crippen molar-refractivity contribution in [2.75, 3.05) is 13.7 Å². The van der Waals surface area contributed by atoms with Crippen molar-refractivity contribution in [3.05, 3.63) is 23.7 Å². The number of furan rings is 1. The van der Waals surface area contributed by atoms with Gasteiger partial charge in [-0.05, 0) is 37.4 Å². The molecule has 0 saturated heterocycles. The summed E-state index contributed by atoms with van der Waals surface area (Å²) in [7, 11) is 1.36. The molecule has 0 spiro atoms. The maximum absolute atomic E-state index is 11.5. The minimum absolute atomic E-state index is 0.165. The van der Waals surface area contributed by atoms with Crippen molar-refractivity contribution in [3.63, 3.8) is 0 Å². The first-order valence-electron chi connectivity index (χ1n) is 7.59. The Morgan fingerprint density at radius 1 is 1.25 bits per heavy atom. The summed E-state index contributed by atoms with van der Waals surface area (Å²) < 4.78 is 10.4. The fourth-order valence-electron chi connectivity index (χ4n) is 2.67. The molecule has 1 heterocycles. The number of rotatable bonds is 9. The molecule has 0 fully saturated rings. The first-order chi connectivity index (χ1) is 9.67. The van der Waals surface area contributed by atoms with Crippen LogP contribution in [0.1, 0.15) is 68.8 Å². The molecule has 0 radical (unpaired) electrons. The molecule has 20 heavy (non-hydrogen) atoms. The van der Waals surface area contributed by atoms with Crippen molar-refractivity contribution in [1.29, 1.82) is 0 Å². The predicted octanol–water partition coefficient (Wildman–Crippen LogP) is 3.93. The summed E-state index contributed by atoms with van der Waals surface area (Å²) in [6.45, 7) is 7.37. The molecule has 0 saturated carbocycles. The highest BCUT2D eigenvalue weighted by Crippen LogP contribution is 2.31. The molecule has 1 atom stereocenters. The number of carbonyl (C=O) groups excluding carboxylic acids is 1. The molecule has 114 valence electrons. The van der Waals surface area contributed by atoms with Crippen LogP contribution in [-0.2, 0) is 4.74 Å². The second-order valence-corrected chi connectivity index (χ2v) is 5.07. The van der Waals surface area contributed by atoms with Gasteiger partial charge in [0.05, 0.1) is 13.2 Å². The van der Waals surface area contributed by atoms with Gasteiger partial charge < -0.3 is 14.5 Å². The molecule has 0 amide bonds. The van der Waals surface area contributed by atoms with E-state index in [1.165, 1.54) is 7.11 Å². The van der Waals surface area contributed by atoms with Crippen LogP contribution >= 0.6 is 0 Å². The Hall–Kier alpha value is -1.29. The van der Waals surface area contributed by atoms with E-state index in [0.717, 1.165) is 38.0 Å². The number of hydrogen-bond acceptors (Lipinski definition) is 4. The molecule has 1 N–H and O–H groups in total. The van der Waals surface area contributed by atoms with E-state index in [1.54, 1.807) is 6.07 Å². The van der Waals surface area contributed by atoms with Gasteiger partial charge in [-0.15, -0.1) is 0 Å². The molecule has 0 aliphatic rings. The molecule has 1 rings (SSSR count). The Kier molecular flexibility index (Phi) is 7.37. The van der Waals surface area contributed by atoms with Crippen molar-refractivity contribution < 1.29 is 13.9 Å². The van der Waals surface area contributed by atoms with Crippen molar-refractivity contribution in [2.24, 2.45) is 5.92 Å². The Bertz CT molecular complexity index is 394. The molecular weight excluding hydrogens is 254 g/mol. The quantitative estimate of drug-likeness (QED) is 0.697. The van der Waals surface area contributed by atoms with E-state index in [-0.39, 0.29) is 11.8 Å². The van der Waals surface area contributed by atoms with Crippen molar-refractivity contribution >= 4 is 5.97 Å². The first-order valence-corrected chi connectivity index (χ1v) is 7.59. The Labute approximate surface area is 121 Å². The Morgan fingerprint density at radius 2 is 1.90 bits per heavy atom. The summed E-state index contributed by atoms with van der Waals surface area (Å²) in [5.41, 5.74) is 0. The maximum Gasteiger partial charge on any atom is 0.373 e. The molecule has 1 aromatic heterocycles. The van der Waals surface area contributed by atoms with E-state index in [9.17, 15) is 4.79 Å². The van der Waals surface area contributed by atoms with Crippen LogP contribution in [0.15, 0.2) is 16.5 Å². The van der Waals surface area contributed by atoms with Crippen LogP contribution in [0.25, 0.3) is 0 Å². The summed E-state index contributed by atoms with van der Waals surface area (Å²) in [6, 6.07) is 3.75. The van der Waals surface area contributed by atoms with E-state index in [4.69, 9.17) is 9.15 Å². The highest BCUT2D eigenvalue weighted by molar-refractivity contribution is 5.86. The third-order valence-electron chi connectivity index (χ3n) is 3.53. The molecule has 0 aliphatic carbocycles. The highest BCUT2D eigenvalue weighted by Gasteiger charge is 2.25. The smallest absolute Gasteiger partial charge is 0.373 e. The van der Waals surface area contributed by atoms with Crippen LogP contribution in [0.4, 0.5) is 0 Å². The van der Waals surface area contributed by atoms with Gasteiger partial charge in [0, 0.05) is 0 Å². The van der Waals surface area contributed by atoms with Crippen molar-refractivity contribution in [2.45, 2.75) is 52.5 Å². The normalized spacial score (nSPS) is 12.7. The van der Waals surface area contributed by atoms with E-state index in [0.29, 0.717) is 5.92 Å². The number of hydrogen-bond donors (Lipinski definition) is 1. The van der Waals surface area contributed by atoms with Gasteiger partial charge in [-0.2, -0.15) is 0 Å². The molecule has 0 bridgehead atoms.